The van der Waals surface area contributed by atoms with Gasteiger partial charge in [0.05, 0.1) is 32.4 Å². The van der Waals surface area contributed by atoms with E-state index in [0.29, 0.717) is 31.1 Å². The third-order valence-corrected chi connectivity index (χ3v) is 6.01. The van der Waals surface area contributed by atoms with Crippen molar-refractivity contribution in [1.29, 1.82) is 0 Å². The topological polar surface area (TPSA) is 72.8 Å². The summed E-state index contributed by atoms with van der Waals surface area (Å²) in [7, 11) is 0. The van der Waals surface area contributed by atoms with Crippen molar-refractivity contribution in [1.82, 2.24) is 9.47 Å². The molecule has 0 spiro atoms. The molecule has 1 amide bonds. The van der Waals surface area contributed by atoms with E-state index in [0.717, 1.165) is 22.7 Å². The number of amides is 1. The zero-order chi connectivity index (χ0) is 21.0. The number of hydrogen-bond acceptors (Lipinski definition) is 6. The summed E-state index contributed by atoms with van der Waals surface area (Å²) in [5.41, 5.74) is 2.21. The number of nitrogens with zero attached hydrogens (tertiary/aromatic N) is 2. The molecule has 0 saturated carbocycles. The molecule has 1 unspecified atom stereocenters. The van der Waals surface area contributed by atoms with Crippen molar-refractivity contribution in [3.8, 4) is 0 Å². The second kappa shape index (κ2) is 9.56. The Kier molecular flexibility index (Phi) is 7.10. The van der Waals surface area contributed by atoms with Gasteiger partial charge >= 0.3 is 5.97 Å². The van der Waals surface area contributed by atoms with Crippen molar-refractivity contribution >= 4 is 29.0 Å². The van der Waals surface area contributed by atoms with Gasteiger partial charge in [0.1, 0.15) is 11.4 Å². The maximum absolute atomic E-state index is 12.8. The van der Waals surface area contributed by atoms with E-state index in [1.54, 1.807) is 18.3 Å². The fraction of sp³-hybridized carbons (Fsp3) is 0.524. The van der Waals surface area contributed by atoms with E-state index < -0.39 is 5.97 Å². The summed E-state index contributed by atoms with van der Waals surface area (Å²) in [6.07, 6.45) is 0.110. The number of aromatic nitrogens is 1. The average molecular weight is 420 g/mol. The van der Waals surface area contributed by atoms with Gasteiger partial charge in [-0.3, -0.25) is 9.69 Å². The van der Waals surface area contributed by atoms with Gasteiger partial charge in [-0.1, -0.05) is 6.07 Å². The first-order valence-electron chi connectivity index (χ1n) is 9.93. The number of nitrogens with one attached hydrogen (secondary N) is 1. The minimum Gasteiger partial charge on any atom is -0.462 e. The SMILES string of the molecule is CCOC(=O)c1c(C)c(C)n(Cc2cccs2)c1NC(=O)CN1CCOC(C)C1. The van der Waals surface area contributed by atoms with Crippen molar-refractivity contribution < 1.29 is 19.1 Å². The van der Waals surface area contributed by atoms with Crippen molar-refractivity contribution in [2.24, 2.45) is 0 Å². The number of anilines is 1. The molecular weight excluding hydrogens is 390 g/mol. The van der Waals surface area contributed by atoms with Crippen molar-refractivity contribution in [2.45, 2.75) is 40.3 Å². The molecule has 29 heavy (non-hydrogen) atoms. The molecule has 3 heterocycles. The van der Waals surface area contributed by atoms with Gasteiger partial charge < -0.3 is 19.4 Å². The van der Waals surface area contributed by atoms with Crippen LogP contribution in [0.15, 0.2) is 17.5 Å². The molecule has 158 valence electrons. The minimum atomic E-state index is -0.409. The molecule has 0 radical (unpaired) electrons. The summed E-state index contributed by atoms with van der Waals surface area (Å²) in [4.78, 5) is 28.7. The third-order valence-electron chi connectivity index (χ3n) is 5.15. The monoisotopic (exact) mass is 419 g/mol. The lowest BCUT2D eigenvalue weighted by Crippen LogP contribution is -2.44. The lowest BCUT2D eigenvalue weighted by atomic mass is 10.1. The third kappa shape index (κ3) is 5.07. The summed E-state index contributed by atoms with van der Waals surface area (Å²) >= 11 is 1.64. The number of rotatable bonds is 7. The first-order chi connectivity index (χ1) is 13.9. The summed E-state index contributed by atoms with van der Waals surface area (Å²) in [5, 5.41) is 5.02. The van der Waals surface area contributed by atoms with E-state index in [4.69, 9.17) is 9.47 Å². The fourth-order valence-corrected chi connectivity index (χ4v) is 4.30. The quantitative estimate of drug-likeness (QED) is 0.699. The molecule has 1 aliphatic heterocycles. The van der Waals surface area contributed by atoms with Crippen molar-refractivity contribution in [2.75, 3.05) is 38.2 Å². The lowest BCUT2D eigenvalue weighted by molar-refractivity contribution is -0.119. The molecular formula is C21H29N3O4S. The van der Waals surface area contributed by atoms with Crippen LogP contribution in [0.3, 0.4) is 0 Å². The van der Waals surface area contributed by atoms with E-state index in [1.807, 2.05) is 42.9 Å². The lowest BCUT2D eigenvalue weighted by Gasteiger charge is -2.30. The predicted molar refractivity (Wildman–Crippen MR) is 114 cm³/mol. The average Bonchev–Trinajstić information content (AvgIpc) is 3.25. The molecule has 0 bridgehead atoms. The number of esters is 1. The van der Waals surface area contributed by atoms with Crippen molar-refractivity contribution in [3.05, 3.63) is 39.2 Å². The zero-order valence-electron chi connectivity index (χ0n) is 17.5. The standard InChI is InChI=1S/C21H29N3O4S/c1-5-27-21(26)19-15(3)16(4)24(12-17-7-6-10-29-17)20(19)22-18(25)13-23-8-9-28-14(2)11-23/h6-7,10,14H,5,8-9,11-13H2,1-4H3,(H,22,25). The van der Waals surface area contributed by atoms with E-state index >= 15 is 0 Å². The number of carbonyl (C=O) groups is 2. The number of morpholine rings is 1. The smallest absolute Gasteiger partial charge is 0.342 e. The van der Waals surface area contributed by atoms with Gasteiger partial charge in [-0.05, 0) is 44.7 Å². The van der Waals surface area contributed by atoms with E-state index in [-0.39, 0.29) is 25.2 Å². The molecule has 1 fully saturated rings. The molecule has 3 rings (SSSR count). The van der Waals surface area contributed by atoms with E-state index in [2.05, 4.69) is 10.2 Å². The maximum atomic E-state index is 12.8. The van der Waals surface area contributed by atoms with Gasteiger partial charge in [-0.25, -0.2) is 4.79 Å². The fourth-order valence-electron chi connectivity index (χ4n) is 3.61. The summed E-state index contributed by atoms with van der Waals surface area (Å²) < 4.78 is 12.8. The Balaban J connectivity index is 1.88. The van der Waals surface area contributed by atoms with Gasteiger partial charge in [0.25, 0.3) is 0 Å². The van der Waals surface area contributed by atoms with Crippen LogP contribution in [0, 0.1) is 13.8 Å². The Bertz CT molecular complexity index is 860. The van der Waals surface area contributed by atoms with Gasteiger partial charge in [0.15, 0.2) is 0 Å². The Morgan fingerprint density at radius 1 is 1.38 bits per heavy atom. The molecule has 2 aromatic heterocycles. The number of ether oxygens (including phenoxy) is 2. The van der Waals surface area contributed by atoms with Gasteiger partial charge in [0.2, 0.25) is 5.91 Å². The summed E-state index contributed by atoms with van der Waals surface area (Å²) in [5.74, 6) is -0.0407. The van der Waals surface area contributed by atoms with Gasteiger partial charge in [-0.2, -0.15) is 0 Å². The van der Waals surface area contributed by atoms with Gasteiger partial charge in [-0.15, -0.1) is 11.3 Å². The van der Waals surface area contributed by atoms with Crippen LogP contribution in [0.2, 0.25) is 0 Å². The minimum absolute atomic E-state index is 0.110. The molecule has 0 aliphatic carbocycles. The highest BCUT2D eigenvalue weighted by molar-refractivity contribution is 7.09. The second-order valence-electron chi connectivity index (χ2n) is 7.28. The van der Waals surface area contributed by atoms with Crippen LogP contribution in [0.4, 0.5) is 5.82 Å². The van der Waals surface area contributed by atoms with Gasteiger partial charge in [0, 0.05) is 23.7 Å². The molecule has 8 heteroatoms. The molecule has 1 saturated heterocycles. The predicted octanol–water partition coefficient (Wildman–Crippen LogP) is 3.05. The van der Waals surface area contributed by atoms with Crippen molar-refractivity contribution in [3.63, 3.8) is 0 Å². The second-order valence-corrected chi connectivity index (χ2v) is 8.32. The highest BCUT2D eigenvalue weighted by atomic mass is 32.1. The van der Waals surface area contributed by atoms with Crippen LogP contribution in [0.5, 0.6) is 0 Å². The molecule has 1 N–H and O–H groups in total. The van der Waals surface area contributed by atoms with Crippen LogP contribution < -0.4 is 5.32 Å². The molecule has 1 atom stereocenters. The zero-order valence-corrected chi connectivity index (χ0v) is 18.3. The van der Waals surface area contributed by atoms with E-state index in [9.17, 15) is 9.59 Å². The Morgan fingerprint density at radius 3 is 2.83 bits per heavy atom. The molecule has 7 nitrogen and oxygen atoms in total. The summed E-state index contributed by atoms with van der Waals surface area (Å²) in [6, 6.07) is 4.04. The van der Waals surface area contributed by atoms with Crippen LogP contribution in [-0.2, 0) is 20.8 Å². The largest absolute Gasteiger partial charge is 0.462 e. The number of carbonyl (C=O) groups excluding carboxylic acids is 2. The number of thiophene rings is 1. The Hall–Kier alpha value is -2.16. The molecule has 0 aromatic carbocycles. The first kappa shape index (κ1) is 21.5. The van der Waals surface area contributed by atoms with Crippen LogP contribution in [0.25, 0.3) is 0 Å². The van der Waals surface area contributed by atoms with Crippen LogP contribution >= 0.6 is 11.3 Å². The highest BCUT2D eigenvalue weighted by Crippen LogP contribution is 2.29. The first-order valence-corrected chi connectivity index (χ1v) is 10.8. The highest BCUT2D eigenvalue weighted by Gasteiger charge is 2.27. The van der Waals surface area contributed by atoms with E-state index in [1.165, 1.54) is 0 Å². The Morgan fingerprint density at radius 2 is 2.17 bits per heavy atom. The molecule has 1 aliphatic rings. The number of hydrogen-bond donors (Lipinski definition) is 1. The molecule has 2 aromatic rings. The Labute approximate surface area is 175 Å². The maximum Gasteiger partial charge on any atom is 0.342 e. The van der Waals surface area contributed by atoms with Crippen LogP contribution in [0.1, 0.15) is 40.3 Å². The van der Waals surface area contributed by atoms with Crippen LogP contribution in [-0.4, -0.2) is 60.3 Å². The normalized spacial score (nSPS) is 17.3. The summed E-state index contributed by atoms with van der Waals surface area (Å²) in [6.45, 7) is 10.8.